The lowest BCUT2D eigenvalue weighted by atomic mass is 10.1. The van der Waals surface area contributed by atoms with Gasteiger partial charge in [0.25, 0.3) is 0 Å². The maximum absolute atomic E-state index is 12.8. The highest BCUT2D eigenvalue weighted by atomic mass is 19.1. The van der Waals surface area contributed by atoms with Gasteiger partial charge in [-0.1, -0.05) is 19.1 Å². The first kappa shape index (κ1) is 16.0. The average molecular weight is 292 g/mol. The molecule has 0 saturated heterocycles. The van der Waals surface area contributed by atoms with Gasteiger partial charge in [0.2, 0.25) is 5.91 Å². The minimum absolute atomic E-state index is 0.0891. The summed E-state index contributed by atoms with van der Waals surface area (Å²) in [6.07, 6.45) is 4.44. The van der Waals surface area contributed by atoms with Crippen molar-refractivity contribution in [3.63, 3.8) is 0 Å². The van der Waals surface area contributed by atoms with Gasteiger partial charge in [0, 0.05) is 13.1 Å². The quantitative estimate of drug-likeness (QED) is 0.759. The molecule has 0 spiro atoms. The summed E-state index contributed by atoms with van der Waals surface area (Å²) in [6, 6.07) is 6.43. The van der Waals surface area contributed by atoms with E-state index in [0.29, 0.717) is 13.1 Å². The van der Waals surface area contributed by atoms with Crippen LogP contribution < -0.4 is 5.32 Å². The maximum atomic E-state index is 12.8. The molecule has 0 aromatic heterocycles. The Bertz CT molecular complexity index is 443. The van der Waals surface area contributed by atoms with Crippen molar-refractivity contribution >= 4 is 5.91 Å². The molecule has 21 heavy (non-hydrogen) atoms. The number of nitrogens with one attached hydrogen (secondary N) is 1. The number of amides is 1. The predicted molar refractivity (Wildman–Crippen MR) is 82.6 cm³/mol. The molecule has 0 bridgehead atoms. The zero-order valence-electron chi connectivity index (χ0n) is 12.8. The topological polar surface area (TPSA) is 32.3 Å². The van der Waals surface area contributed by atoms with Gasteiger partial charge < -0.3 is 5.32 Å². The molecule has 116 valence electrons. The molecule has 1 aliphatic rings. The van der Waals surface area contributed by atoms with Crippen LogP contribution in [0.25, 0.3) is 0 Å². The molecule has 1 saturated carbocycles. The highest BCUT2D eigenvalue weighted by Crippen LogP contribution is 2.29. The van der Waals surface area contributed by atoms with E-state index in [1.165, 1.54) is 25.0 Å². The fraction of sp³-hybridized carbons (Fsp3) is 0.588. The Kier molecular flexibility index (Phi) is 6.18. The number of rotatable bonds is 9. The zero-order chi connectivity index (χ0) is 15.1. The van der Waals surface area contributed by atoms with Crippen molar-refractivity contribution < 1.29 is 9.18 Å². The molecule has 1 aliphatic carbocycles. The Balaban J connectivity index is 1.66. The smallest absolute Gasteiger partial charge is 0.234 e. The average Bonchev–Trinajstić information content (AvgIpc) is 3.25. The van der Waals surface area contributed by atoms with E-state index in [4.69, 9.17) is 0 Å². The SMILES string of the molecule is CCCN(CC(=O)NCCc1ccc(F)cc1)CC1CC1. The number of halogens is 1. The van der Waals surface area contributed by atoms with E-state index in [1.807, 2.05) is 0 Å². The molecule has 0 radical (unpaired) electrons. The molecule has 1 fully saturated rings. The lowest BCUT2D eigenvalue weighted by Crippen LogP contribution is -2.39. The molecule has 0 aliphatic heterocycles. The van der Waals surface area contributed by atoms with Crippen molar-refractivity contribution in [3.05, 3.63) is 35.6 Å². The van der Waals surface area contributed by atoms with Crippen LogP contribution in [0.5, 0.6) is 0 Å². The van der Waals surface area contributed by atoms with Gasteiger partial charge in [-0.15, -0.1) is 0 Å². The first-order valence-corrected chi connectivity index (χ1v) is 7.91. The maximum Gasteiger partial charge on any atom is 0.234 e. The largest absolute Gasteiger partial charge is 0.355 e. The second-order valence-corrected chi connectivity index (χ2v) is 5.90. The molecule has 1 aromatic carbocycles. The van der Waals surface area contributed by atoms with Gasteiger partial charge in [-0.25, -0.2) is 4.39 Å². The van der Waals surface area contributed by atoms with Gasteiger partial charge in [-0.05, 0) is 55.8 Å². The normalized spacial score (nSPS) is 14.4. The summed E-state index contributed by atoms with van der Waals surface area (Å²) in [5, 5.41) is 2.95. The van der Waals surface area contributed by atoms with Crippen LogP contribution in [-0.4, -0.2) is 37.0 Å². The third kappa shape index (κ3) is 6.25. The second kappa shape index (κ2) is 8.13. The highest BCUT2D eigenvalue weighted by Gasteiger charge is 2.24. The van der Waals surface area contributed by atoms with E-state index in [0.717, 1.165) is 37.4 Å². The molecule has 3 nitrogen and oxygen atoms in total. The van der Waals surface area contributed by atoms with Gasteiger partial charge in [0.15, 0.2) is 0 Å². The van der Waals surface area contributed by atoms with E-state index in [-0.39, 0.29) is 11.7 Å². The Morgan fingerprint density at radius 1 is 1.33 bits per heavy atom. The van der Waals surface area contributed by atoms with Crippen molar-refractivity contribution in [3.8, 4) is 0 Å². The number of carbonyl (C=O) groups is 1. The molecule has 1 N–H and O–H groups in total. The van der Waals surface area contributed by atoms with Crippen LogP contribution in [0.1, 0.15) is 31.7 Å². The summed E-state index contributed by atoms with van der Waals surface area (Å²) in [7, 11) is 0. The van der Waals surface area contributed by atoms with E-state index in [2.05, 4.69) is 17.1 Å². The van der Waals surface area contributed by atoms with Crippen molar-refractivity contribution in [2.24, 2.45) is 5.92 Å². The van der Waals surface area contributed by atoms with Crippen molar-refractivity contribution in [2.75, 3.05) is 26.2 Å². The summed E-state index contributed by atoms with van der Waals surface area (Å²) >= 11 is 0. The van der Waals surface area contributed by atoms with E-state index in [1.54, 1.807) is 12.1 Å². The van der Waals surface area contributed by atoms with Crippen LogP contribution in [0, 0.1) is 11.7 Å². The molecular formula is C17H25FN2O. The highest BCUT2D eigenvalue weighted by molar-refractivity contribution is 5.78. The molecule has 4 heteroatoms. The van der Waals surface area contributed by atoms with Gasteiger partial charge in [0.05, 0.1) is 6.54 Å². The van der Waals surface area contributed by atoms with Crippen molar-refractivity contribution in [2.45, 2.75) is 32.6 Å². The van der Waals surface area contributed by atoms with Crippen molar-refractivity contribution in [1.82, 2.24) is 10.2 Å². The Hall–Kier alpha value is -1.42. The Morgan fingerprint density at radius 2 is 2.05 bits per heavy atom. The summed E-state index contributed by atoms with van der Waals surface area (Å²) in [5.41, 5.74) is 1.04. The van der Waals surface area contributed by atoms with Gasteiger partial charge in [-0.2, -0.15) is 0 Å². The van der Waals surface area contributed by atoms with Crippen LogP contribution in [0.15, 0.2) is 24.3 Å². The molecular weight excluding hydrogens is 267 g/mol. The zero-order valence-corrected chi connectivity index (χ0v) is 12.8. The Labute approximate surface area is 126 Å². The van der Waals surface area contributed by atoms with Crippen LogP contribution >= 0.6 is 0 Å². The minimum atomic E-state index is -0.224. The van der Waals surface area contributed by atoms with Crippen LogP contribution in [0.2, 0.25) is 0 Å². The lowest BCUT2D eigenvalue weighted by molar-refractivity contribution is -0.122. The fourth-order valence-electron chi connectivity index (χ4n) is 2.47. The molecule has 1 amide bonds. The third-order valence-electron chi connectivity index (χ3n) is 3.77. The Morgan fingerprint density at radius 3 is 2.67 bits per heavy atom. The first-order valence-electron chi connectivity index (χ1n) is 7.91. The first-order chi connectivity index (χ1) is 10.2. The standard InChI is InChI=1S/C17H25FN2O/c1-2-11-20(12-15-3-4-15)13-17(21)19-10-9-14-5-7-16(18)8-6-14/h5-8,15H,2-4,9-13H2,1H3,(H,19,21). The second-order valence-electron chi connectivity index (χ2n) is 5.90. The lowest BCUT2D eigenvalue weighted by Gasteiger charge is -2.20. The van der Waals surface area contributed by atoms with Gasteiger partial charge in [0.1, 0.15) is 5.82 Å². The predicted octanol–water partition coefficient (Wildman–Crippen LogP) is 2.61. The van der Waals surface area contributed by atoms with Crippen LogP contribution in [0.4, 0.5) is 4.39 Å². The fourth-order valence-corrected chi connectivity index (χ4v) is 2.47. The number of hydrogen-bond acceptors (Lipinski definition) is 2. The van der Waals surface area contributed by atoms with E-state index < -0.39 is 0 Å². The van der Waals surface area contributed by atoms with E-state index >= 15 is 0 Å². The summed E-state index contributed by atoms with van der Waals surface area (Å²) in [6.45, 7) is 5.29. The van der Waals surface area contributed by atoms with Crippen LogP contribution in [-0.2, 0) is 11.2 Å². The number of benzene rings is 1. The molecule has 0 atom stereocenters. The molecule has 0 heterocycles. The summed E-state index contributed by atoms with van der Waals surface area (Å²) in [4.78, 5) is 14.2. The van der Waals surface area contributed by atoms with Gasteiger partial charge >= 0.3 is 0 Å². The number of carbonyl (C=O) groups excluding carboxylic acids is 1. The third-order valence-corrected chi connectivity index (χ3v) is 3.77. The monoisotopic (exact) mass is 292 g/mol. The molecule has 0 unspecified atom stereocenters. The molecule has 2 rings (SSSR count). The molecule has 1 aromatic rings. The summed E-state index contributed by atoms with van der Waals surface area (Å²) in [5.74, 6) is 0.674. The van der Waals surface area contributed by atoms with Crippen LogP contribution in [0.3, 0.4) is 0 Å². The number of hydrogen-bond donors (Lipinski definition) is 1. The number of nitrogens with zero attached hydrogens (tertiary/aromatic N) is 1. The minimum Gasteiger partial charge on any atom is -0.355 e. The summed E-state index contributed by atoms with van der Waals surface area (Å²) < 4.78 is 12.8. The van der Waals surface area contributed by atoms with Crippen molar-refractivity contribution in [1.29, 1.82) is 0 Å². The van der Waals surface area contributed by atoms with Gasteiger partial charge in [-0.3, -0.25) is 9.69 Å². The van der Waals surface area contributed by atoms with E-state index in [9.17, 15) is 9.18 Å².